The highest BCUT2D eigenvalue weighted by atomic mass is 32.2. The predicted molar refractivity (Wildman–Crippen MR) is 29.4 cm³/mol. The van der Waals surface area contributed by atoms with E-state index in [-0.39, 0.29) is 5.25 Å². The highest BCUT2D eigenvalue weighted by molar-refractivity contribution is 7.93. The molecule has 0 atom stereocenters. The van der Waals surface area contributed by atoms with Crippen LogP contribution in [0.2, 0.25) is 0 Å². The van der Waals surface area contributed by atoms with Gasteiger partial charge in [0.1, 0.15) is 0 Å². The second kappa shape index (κ2) is 1.82. The van der Waals surface area contributed by atoms with Crippen molar-refractivity contribution in [2.24, 2.45) is 0 Å². The standard InChI is InChI=1S/C4H9O2S/c1-4(2)7(3,5)6/h4H,3H2,1-2H3. The smallest absolute Gasteiger partial charge is 0.153 e. The lowest BCUT2D eigenvalue weighted by Gasteiger charge is -1.96. The highest BCUT2D eigenvalue weighted by Crippen LogP contribution is 1.94. The van der Waals surface area contributed by atoms with Crippen LogP contribution in [0.5, 0.6) is 0 Å². The maximum Gasteiger partial charge on any atom is 0.153 e. The van der Waals surface area contributed by atoms with Crippen molar-refractivity contribution in [3.8, 4) is 0 Å². The average molecular weight is 121 g/mol. The second-order valence-electron chi connectivity index (χ2n) is 1.71. The molecule has 0 heterocycles. The van der Waals surface area contributed by atoms with Crippen molar-refractivity contribution < 1.29 is 8.42 Å². The Morgan fingerprint density at radius 3 is 1.57 bits per heavy atom. The molecule has 0 aliphatic heterocycles. The quantitative estimate of drug-likeness (QED) is 0.509. The molecule has 0 bridgehead atoms. The third-order valence-corrected chi connectivity index (χ3v) is 2.15. The maximum atomic E-state index is 10.2. The molecule has 0 unspecified atom stereocenters. The lowest BCUT2D eigenvalue weighted by atomic mass is 10.6. The molecular weight excluding hydrogens is 112 g/mol. The van der Waals surface area contributed by atoms with Crippen molar-refractivity contribution in [1.29, 1.82) is 0 Å². The van der Waals surface area contributed by atoms with Crippen molar-refractivity contribution in [1.82, 2.24) is 0 Å². The van der Waals surface area contributed by atoms with Crippen LogP contribution in [-0.2, 0) is 9.84 Å². The van der Waals surface area contributed by atoms with Crippen molar-refractivity contribution in [3.05, 3.63) is 6.26 Å². The first-order valence-corrected chi connectivity index (χ1v) is 3.73. The van der Waals surface area contributed by atoms with Gasteiger partial charge < -0.3 is 0 Å². The number of sulfone groups is 1. The average Bonchev–Trinajstić information content (AvgIpc) is 1.31. The van der Waals surface area contributed by atoms with Crippen LogP contribution in [0, 0.1) is 6.26 Å². The van der Waals surface area contributed by atoms with Crippen molar-refractivity contribution >= 4 is 9.84 Å². The largest absolute Gasteiger partial charge is 0.229 e. The zero-order valence-electron chi connectivity index (χ0n) is 4.51. The van der Waals surface area contributed by atoms with Crippen LogP contribution in [-0.4, -0.2) is 13.7 Å². The molecule has 0 aliphatic rings. The molecule has 0 spiro atoms. The number of hydrogen-bond acceptors (Lipinski definition) is 2. The molecule has 0 N–H and O–H groups in total. The van der Waals surface area contributed by atoms with Gasteiger partial charge in [-0.15, -0.1) is 0 Å². The molecule has 7 heavy (non-hydrogen) atoms. The molecule has 3 heteroatoms. The Kier molecular flexibility index (Phi) is 1.81. The van der Waals surface area contributed by atoms with Crippen LogP contribution >= 0.6 is 0 Å². The van der Waals surface area contributed by atoms with Gasteiger partial charge in [0.05, 0.1) is 11.5 Å². The van der Waals surface area contributed by atoms with Gasteiger partial charge in [-0.05, 0) is 13.8 Å². The highest BCUT2D eigenvalue weighted by Gasteiger charge is 2.05. The molecule has 2 nitrogen and oxygen atoms in total. The van der Waals surface area contributed by atoms with E-state index in [4.69, 9.17) is 0 Å². The first-order valence-electron chi connectivity index (χ1n) is 2.01. The van der Waals surface area contributed by atoms with E-state index < -0.39 is 9.84 Å². The van der Waals surface area contributed by atoms with Crippen LogP contribution < -0.4 is 0 Å². The molecule has 0 fully saturated rings. The van der Waals surface area contributed by atoms with Gasteiger partial charge >= 0.3 is 0 Å². The Hall–Kier alpha value is -0.0500. The van der Waals surface area contributed by atoms with Crippen LogP contribution in [0.4, 0.5) is 0 Å². The zero-order valence-corrected chi connectivity index (χ0v) is 5.33. The summed E-state index contributed by atoms with van der Waals surface area (Å²) in [7, 11) is -2.99. The summed E-state index contributed by atoms with van der Waals surface area (Å²) >= 11 is 0. The first kappa shape index (κ1) is 6.95. The van der Waals surface area contributed by atoms with E-state index in [2.05, 4.69) is 6.26 Å². The Morgan fingerprint density at radius 2 is 1.57 bits per heavy atom. The van der Waals surface area contributed by atoms with Gasteiger partial charge in [-0.3, -0.25) is 0 Å². The van der Waals surface area contributed by atoms with Crippen LogP contribution in [0.3, 0.4) is 0 Å². The Labute approximate surface area is 44.5 Å². The number of rotatable bonds is 1. The molecule has 0 aromatic carbocycles. The maximum absolute atomic E-state index is 10.2. The van der Waals surface area contributed by atoms with Crippen LogP contribution in [0.25, 0.3) is 0 Å². The summed E-state index contributed by atoms with van der Waals surface area (Å²) in [6.07, 6.45) is 2.94. The summed E-state index contributed by atoms with van der Waals surface area (Å²) in [4.78, 5) is 0. The Morgan fingerprint density at radius 1 is 1.43 bits per heavy atom. The van der Waals surface area contributed by atoms with Crippen LogP contribution in [0.1, 0.15) is 13.8 Å². The molecule has 0 saturated heterocycles. The van der Waals surface area contributed by atoms with Crippen molar-refractivity contribution in [2.75, 3.05) is 0 Å². The van der Waals surface area contributed by atoms with Gasteiger partial charge in [0.15, 0.2) is 9.84 Å². The van der Waals surface area contributed by atoms with Gasteiger partial charge in [-0.25, -0.2) is 8.42 Å². The van der Waals surface area contributed by atoms with E-state index in [9.17, 15) is 8.42 Å². The molecular formula is C4H9O2S. The fraction of sp³-hybridized carbons (Fsp3) is 0.750. The van der Waals surface area contributed by atoms with Crippen LogP contribution in [0.15, 0.2) is 0 Å². The summed E-state index contributed by atoms with van der Waals surface area (Å²) in [6, 6.07) is 0. The fourth-order valence-electron chi connectivity index (χ4n) is 0. The summed E-state index contributed by atoms with van der Waals surface area (Å²) in [5, 5.41) is -0.340. The number of hydrogen-bond donors (Lipinski definition) is 0. The molecule has 0 amide bonds. The normalized spacial score (nSPS) is 12.6. The van der Waals surface area contributed by atoms with E-state index in [1.807, 2.05) is 0 Å². The zero-order chi connectivity index (χ0) is 6.08. The fourth-order valence-corrected chi connectivity index (χ4v) is 0. The van der Waals surface area contributed by atoms with Crippen molar-refractivity contribution in [3.63, 3.8) is 0 Å². The molecule has 0 aliphatic carbocycles. The summed E-state index contributed by atoms with van der Waals surface area (Å²) in [6.45, 7) is 3.20. The monoisotopic (exact) mass is 121 g/mol. The summed E-state index contributed by atoms with van der Waals surface area (Å²) < 4.78 is 20.4. The minimum Gasteiger partial charge on any atom is -0.229 e. The van der Waals surface area contributed by atoms with Gasteiger partial charge in [-0.1, -0.05) is 0 Å². The molecule has 0 saturated carbocycles. The lowest BCUT2D eigenvalue weighted by molar-refractivity contribution is 0.596. The molecule has 0 aromatic heterocycles. The second-order valence-corrected chi connectivity index (χ2v) is 3.98. The lowest BCUT2D eigenvalue weighted by Crippen LogP contribution is -2.07. The van der Waals surface area contributed by atoms with Gasteiger partial charge in [-0.2, -0.15) is 0 Å². The van der Waals surface area contributed by atoms with Gasteiger partial charge in [0.25, 0.3) is 0 Å². The Bertz CT molecular complexity index is 132. The minimum atomic E-state index is -2.99. The van der Waals surface area contributed by atoms with E-state index in [1.54, 1.807) is 13.8 Å². The van der Waals surface area contributed by atoms with E-state index >= 15 is 0 Å². The molecule has 0 rings (SSSR count). The summed E-state index contributed by atoms with van der Waals surface area (Å²) in [5.41, 5.74) is 0. The van der Waals surface area contributed by atoms with E-state index in [0.717, 1.165) is 0 Å². The molecule has 43 valence electrons. The van der Waals surface area contributed by atoms with E-state index in [1.165, 1.54) is 0 Å². The summed E-state index contributed by atoms with van der Waals surface area (Å²) in [5.74, 6) is 0. The van der Waals surface area contributed by atoms with E-state index in [0.29, 0.717) is 0 Å². The predicted octanol–water partition coefficient (Wildman–Crippen LogP) is 0.601. The SMILES string of the molecule is [CH2]S(=O)(=O)C(C)C. The topological polar surface area (TPSA) is 34.1 Å². The Balaban J connectivity index is 4.10. The first-order chi connectivity index (χ1) is 2.94. The molecule has 1 radical (unpaired) electrons. The molecule has 0 aromatic rings. The van der Waals surface area contributed by atoms with Crippen molar-refractivity contribution in [2.45, 2.75) is 19.1 Å². The third kappa shape index (κ3) is 2.62. The third-order valence-electron chi connectivity index (χ3n) is 0.718. The van der Waals surface area contributed by atoms with Gasteiger partial charge in [0, 0.05) is 0 Å². The van der Waals surface area contributed by atoms with Gasteiger partial charge in [0.2, 0.25) is 0 Å². The minimum absolute atomic E-state index is 0.340.